The van der Waals surface area contributed by atoms with Crippen LogP contribution in [0.25, 0.3) is 33.3 Å². The lowest BCUT2D eigenvalue weighted by atomic mass is 10.1. The average molecular weight is 1110 g/mol. The first-order valence-electron chi connectivity index (χ1n) is 21.6. The number of aromatic nitrogens is 5. The number of rotatable bonds is 25. The largest absolute Gasteiger partial charge is 0.488 e. The van der Waals surface area contributed by atoms with Crippen LogP contribution in [0, 0.1) is 0 Å². The summed E-state index contributed by atoms with van der Waals surface area (Å²) in [6.07, 6.45) is -1.17. The van der Waals surface area contributed by atoms with Gasteiger partial charge in [0.1, 0.15) is 24.3 Å². The molecule has 72 heavy (non-hydrogen) atoms. The Bertz CT molecular complexity index is 3140. The number of imidazole rings is 1. The third-order valence-corrected chi connectivity index (χ3v) is 15.8. The number of unbranched alkanes of at least 4 members (excludes halogenated alkanes) is 2. The first kappa shape index (κ1) is 56.2. The Hall–Kier alpha value is -5.07. The van der Waals surface area contributed by atoms with Gasteiger partial charge in [-0.3, -0.25) is 28.2 Å². The van der Waals surface area contributed by atoms with Crippen molar-refractivity contribution in [3.05, 3.63) is 75.9 Å². The summed E-state index contributed by atoms with van der Waals surface area (Å²) in [6.45, 7) is -2.55. The van der Waals surface area contributed by atoms with Gasteiger partial charge in [0, 0.05) is 73.9 Å². The molecule has 1 saturated heterocycles. The van der Waals surface area contributed by atoms with Crippen LogP contribution in [-0.4, -0.2) is 126 Å². The molecule has 0 spiro atoms. The second-order valence-electron chi connectivity index (χ2n) is 15.9. The van der Waals surface area contributed by atoms with Crippen LogP contribution in [0.5, 0.6) is 0 Å². The van der Waals surface area contributed by atoms with E-state index in [1.165, 1.54) is 0 Å². The molecule has 5 aromatic rings. The monoisotopic (exact) mass is 1110 g/mol. The predicted octanol–water partition coefficient (Wildman–Crippen LogP) is 1.06. The standard InChI is InChI=1S/C38H50N9O20P3S2/c1-2-46(25-9-8-24-19-26(36(51)64-27(24)20-25)23-10-16-45(17-11-23)14-6-18-72(59,60)61)15-5-3-4-7-29(48)40-12-13-41-38(52)65-32-28(21-62-68(53,54)66-69(55,56)67-70(57,58)71)63-35(31(32)49)47-22-42-30-33(47)43-37(39)44-34(30)50/h8-11,16-17,19-20,22,28,31-32,35,49H,2-7,12-15,18,21H2,1H3,(H9-,39,40,41,43,44,48,50,52,53,54,55,56,57,58,59,60,61,71)/p+1/t28-,31-,32-,35-/m1/s1. The number of nitrogens with two attached hydrogens (primary N) is 1. The number of ether oxygens (including phenoxy) is 2. The van der Waals surface area contributed by atoms with Crippen LogP contribution in [-0.2, 0) is 65.0 Å². The number of pyridine rings is 1. The molecule has 4 aromatic heterocycles. The molecular formula is C38H51N9O20P3S2+. The molecule has 2 unspecified atom stereocenters. The second kappa shape index (κ2) is 23.9. The summed E-state index contributed by atoms with van der Waals surface area (Å²) in [7, 11) is -15.4. The highest BCUT2D eigenvalue weighted by Crippen LogP contribution is 2.66. The second-order valence-corrected chi connectivity index (χ2v) is 23.3. The molecule has 0 bridgehead atoms. The molecule has 394 valence electrons. The fraction of sp³-hybridized carbons (Fsp3) is 0.447. The highest BCUT2D eigenvalue weighted by Gasteiger charge is 2.49. The van der Waals surface area contributed by atoms with Crippen molar-refractivity contribution in [3.63, 3.8) is 0 Å². The number of fused-ring (bicyclic) bond motifs is 2. The van der Waals surface area contributed by atoms with E-state index in [4.69, 9.17) is 38.5 Å². The van der Waals surface area contributed by atoms with Gasteiger partial charge in [0.2, 0.25) is 11.9 Å². The van der Waals surface area contributed by atoms with Crippen molar-refractivity contribution in [1.29, 1.82) is 0 Å². The molecule has 0 radical (unpaired) electrons. The highest BCUT2D eigenvalue weighted by atomic mass is 32.5. The van der Waals surface area contributed by atoms with Crippen molar-refractivity contribution >= 4 is 90.1 Å². The highest BCUT2D eigenvalue weighted by molar-refractivity contribution is 8.08. The van der Waals surface area contributed by atoms with Crippen LogP contribution in [0.2, 0.25) is 0 Å². The van der Waals surface area contributed by atoms with Gasteiger partial charge in [0.15, 0.2) is 35.9 Å². The fourth-order valence-electron chi connectivity index (χ4n) is 7.40. The number of phosphoric acid groups is 2. The van der Waals surface area contributed by atoms with Gasteiger partial charge in [0.25, 0.3) is 15.7 Å². The van der Waals surface area contributed by atoms with E-state index in [9.17, 15) is 51.6 Å². The maximum atomic E-state index is 13.0. The molecule has 1 fully saturated rings. The molecule has 2 amide bonds. The average Bonchev–Trinajstić information content (AvgIpc) is 3.83. The summed E-state index contributed by atoms with van der Waals surface area (Å²) in [5, 5.41) is 17.0. The number of carbonyl (C=O) groups excluding carboxylic acids is 2. The molecule has 29 nitrogen and oxygen atoms in total. The lowest BCUT2D eigenvalue weighted by Crippen LogP contribution is -2.42. The van der Waals surface area contributed by atoms with Gasteiger partial charge in [-0.1, -0.05) is 6.42 Å². The molecule has 1 aromatic carbocycles. The van der Waals surface area contributed by atoms with E-state index in [-0.39, 0.29) is 54.7 Å². The number of anilines is 2. The van der Waals surface area contributed by atoms with Gasteiger partial charge in [0.05, 0.1) is 24.3 Å². The first-order chi connectivity index (χ1) is 33.8. The van der Waals surface area contributed by atoms with Gasteiger partial charge >= 0.3 is 34.1 Å². The summed E-state index contributed by atoms with van der Waals surface area (Å²) < 4.78 is 87.7. The van der Waals surface area contributed by atoms with E-state index < -0.39 is 80.9 Å². The number of nitrogen functional groups attached to an aromatic ring is 1. The van der Waals surface area contributed by atoms with E-state index in [0.717, 1.165) is 23.0 Å². The molecule has 0 aliphatic carbocycles. The molecule has 11 N–H and O–H groups in total. The summed E-state index contributed by atoms with van der Waals surface area (Å²) in [5.41, 5.74) is 6.18. The van der Waals surface area contributed by atoms with Gasteiger partial charge in [-0.2, -0.15) is 17.7 Å². The first-order valence-corrected chi connectivity index (χ1v) is 28.9. The summed E-state index contributed by atoms with van der Waals surface area (Å²) in [5.74, 6) is -1.00. The van der Waals surface area contributed by atoms with Crippen molar-refractivity contribution in [3.8, 4) is 11.1 Å². The van der Waals surface area contributed by atoms with E-state index in [1.54, 1.807) is 41.2 Å². The summed E-state index contributed by atoms with van der Waals surface area (Å²) >= 11 is 4.07. The van der Waals surface area contributed by atoms with E-state index in [1.807, 2.05) is 19.1 Å². The number of hydrogen-bond donors (Lipinski definition) is 10. The van der Waals surface area contributed by atoms with Crippen molar-refractivity contribution in [1.82, 2.24) is 30.2 Å². The zero-order chi connectivity index (χ0) is 52.6. The Kier molecular flexibility index (Phi) is 18.6. The number of amides is 2. The van der Waals surface area contributed by atoms with Crippen LogP contribution in [0.4, 0.5) is 16.4 Å². The molecular weight excluding hydrogens is 1060 g/mol. The Morgan fingerprint density at radius 3 is 2.43 bits per heavy atom. The number of aliphatic hydroxyl groups excluding tert-OH is 1. The number of alkyl carbamates (subject to hydrolysis) is 1. The smallest absolute Gasteiger partial charge is 0.440 e. The number of nitrogens with zero attached hydrogens (tertiary/aromatic N) is 5. The van der Waals surface area contributed by atoms with E-state index >= 15 is 0 Å². The van der Waals surface area contributed by atoms with Crippen LogP contribution < -0.4 is 37.0 Å². The molecule has 1 aliphatic rings. The van der Waals surface area contributed by atoms with Gasteiger partial charge in [-0.15, -0.1) is 0 Å². The quantitative estimate of drug-likeness (QED) is 0.0128. The molecule has 1 aliphatic heterocycles. The number of hydrogen-bond acceptors (Lipinski definition) is 20. The summed E-state index contributed by atoms with van der Waals surface area (Å²) in [4.78, 5) is 101. The lowest BCUT2D eigenvalue weighted by Gasteiger charge is -2.23. The minimum Gasteiger partial charge on any atom is -0.440 e. The molecule has 6 rings (SSSR count). The molecule has 6 atom stereocenters. The molecule has 5 heterocycles. The minimum absolute atomic E-state index is 0.0458. The number of carbonyl (C=O) groups is 2. The molecule has 0 saturated carbocycles. The Morgan fingerprint density at radius 1 is 1.01 bits per heavy atom. The lowest BCUT2D eigenvalue weighted by molar-refractivity contribution is -0.696. The third kappa shape index (κ3) is 16.0. The van der Waals surface area contributed by atoms with Crippen molar-refractivity contribution < 1.29 is 88.0 Å². The van der Waals surface area contributed by atoms with Crippen molar-refractivity contribution in [2.45, 2.75) is 70.1 Å². The van der Waals surface area contributed by atoms with E-state index in [0.29, 0.717) is 54.6 Å². The zero-order valence-corrected chi connectivity index (χ0v) is 42.2. The van der Waals surface area contributed by atoms with E-state index in [2.05, 4.69) is 50.9 Å². The number of H-pyrrole nitrogens is 1. The van der Waals surface area contributed by atoms with Crippen molar-refractivity contribution in [2.24, 2.45) is 0 Å². The zero-order valence-electron chi connectivity index (χ0n) is 37.9. The van der Waals surface area contributed by atoms with Crippen LogP contribution in [0.3, 0.4) is 0 Å². The summed E-state index contributed by atoms with van der Waals surface area (Å²) in [6, 6.07) is 10.8. The van der Waals surface area contributed by atoms with Gasteiger partial charge < -0.3 is 59.8 Å². The number of aryl methyl sites for hydroxylation is 1. The maximum absolute atomic E-state index is 13.0. The van der Waals surface area contributed by atoms with Crippen LogP contribution in [0.1, 0.15) is 45.3 Å². The van der Waals surface area contributed by atoms with Crippen LogP contribution >= 0.6 is 22.4 Å². The Balaban J connectivity index is 0.952. The van der Waals surface area contributed by atoms with Gasteiger partial charge in [-0.25, -0.2) is 32.6 Å². The predicted molar refractivity (Wildman–Crippen MR) is 256 cm³/mol. The Labute approximate surface area is 413 Å². The number of aliphatic hydroxyl groups is 1. The minimum atomic E-state index is -5.70. The normalized spacial score (nSPS) is 18.9. The van der Waals surface area contributed by atoms with Crippen molar-refractivity contribution in [2.75, 3.05) is 49.2 Å². The van der Waals surface area contributed by atoms with Gasteiger partial charge in [-0.05, 0) is 49.8 Å². The number of aromatic amines is 1. The number of phosphoric ester groups is 1. The Morgan fingerprint density at radius 2 is 1.74 bits per heavy atom. The number of nitrogens with one attached hydrogen (secondary N) is 3. The third-order valence-electron chi connectivity index (χ3n) is 10.6. The maximum Gasteiger partial charge on any atom is 0.488 e. The number of benzene rings is 1. The van der Waals surface area contributed by atoms with Crippen LogP contribution in [0.15, 0.2) is 69.1 Å². The SMILES string of the molecule is CCN(CCCCCC(=O)NCCNC(=O)O[C@H]1[C@@H](O)[C@H](n2cnc3c(=O)[nH]c(N)nc32)O[C@@H]1COP(=O)(O)OP(=O)(O)OP(O)(O)=S)c1ccc2cc(-c3cc[n+](CCCS(=O)(=O)O)cc3)c(=O)oc2c1. The fourth-order valence-corrected chi connectivity index (χ4v) is 11.7. The topological polar surface area (TPSA) is 421 Å². The molecule has 34 heteroatoms.